The second-order valence-corrected chi connectivity index (χ2v) is 15.9. The van der Waals surface area contributed by atoms with Crippen molar-refractivity contribution in [1.82, 2.24) is 35.2 Å². The van der Waals surface area contributed by atoms with Crippen LogP contribution in [-0.2, 0) is 46.2 Å². The number of aromatic nitrogens is 3. The van der Waals surface area contributed by atoms with Gasteiger partial charge in [0.15, 0.2) is 5.82 Å². The summed E-state index contributed by atoms with van der Waals surface area (Å²) in [5.41, 5.74) is -0.411. The van der Waals surface area contributed by atoms with E-state index in [4.69, 9.17) is 9.47 Å². The number of fused-ring (bicyclic) bond motifs is 2. The van der Waals surface area contributed by atoms with Gasteiger partial charge in [0, 0.05) is 23.9 Å². The molecule has 59 heavy (non-hydrogen) atoms. The van der Waals surface area contributed by atoms with Gasteiger partial charge in [-0.2, -0.15) is 8.42 Å². The van der Waals surface area contributed by atoms with Crippen molar-refractivity contribution >= 4 is 67.8 Å². The Labute approximate surface area is 335 Å². The maximum Gasteiger partial charge on any atom is 0.326 e. The van der Waals surface area contributed by atoms with E-state index in [1.165, 1.54) is 30.3 Å². The van der Waals surface area contributed by atoms with Crippen LogP contribution < -0.4 is 29.7 Å². The number of nitrogens with zero attached hydrogens (tertiary/aromatic N) is 5. The summed E-state index contributed by atoms with van der Waals surface area (Å²) in [5, 5.41) is 27.1. The van der Waals surface area contributed by atoms with Crippen LogP contribution in [0, 0.1) is 5.82 Å². The lowest BCUT2D eigenvalue weighted by molar-refractivity contribution is -0.136. The van der Waals surface area contributed by atoms with E-state index in [0.717, 1.165) is 4.90 Å². The van der Waals surface area contributed by atoms with Gasteiger partial charge >= 0.3 is 10.2 Å². The Morgan fingerprint density at radius 3 is 2.59 bits per heavy atom. The van der Waals surface area contributed by atoms with Gasteiger partial charge in [-0.15, -0.1) is 5.10 Å². The summed E-state index contributed by atoms with van der Waals surface area (Å²) in [6, 6.07) is 9.17. The molecule has 20 nitrogen and oxygen atoms in total. The molecule has 2 fully saturated rings. The third-order valence-corrected chi connectivity index (χ3v) is 11.2. The molecule has 4 aromatic rings. The summed E-state index contributed by atoms with van der Waals surface area (Å²) in [5.74, 6) is -5.09. The van der Waals surface area contributed by atoms with Crippen molar-refractivity contribution < 1.29 is 56.2 Å². The van der Waals surface area contributed by atoms with Gasteiger partial charge in [-0.25, -0.2) is 18.1 Å². The van der Waals surface area contributed by atoms with Crippen molar-refractivity contribution in [3.8, 4) is 11.5 Å². The quantitative estimate of drug-likeness (QED) is 0.0821. The molecular formula is C37H38FN9O11S. The first-order valence-corrected chi connectivity index (χ1v) is 19.8. The zero-order valence-electron chi connectivity index (χ0n) is 31.6. The number of carbonyl (C=O) groups excluding carboxylic acids is 6. The van der Waals surface area contributed by atoms with Crippen LogP contribution in [0.15, 0.2) is 48.7 Å². The molecule has 7 rings (SSSR count). The highest BCUT2D eigenvalue weighted by molar-refractivity contribution is 7.92. The number of hydrogen-bond acceptors (Lipinski definition) is 14. The molecule has 2 saturated heterocycles. The molecular weight excluding hydrogens is 798 g/mol. The highest BCUT2D eigenvalue weighted by Gasteiger charge is 2.46. The zero-order valence-corrected chi connectivity index (χ0v) is 32.4. The van der Waals surface area contributed by atoms with E-state index in [9.17, 15) is 42.3 Å². The Balaban J connectivity index is 0.846. The molecule has 3 aromatic carbocycles. The van der Waals surface area contributed by atoms with Crippen molar-refractivity contribution in [2.24, 2.45) is 0 Å². The van der Waals surface area contributed by atoms with E-state index in [2.05, 4.69) is 26.3 Å². The molecule has 4 heterocycles. The first-order valence-electron chi connectivity index (χ1n) is 18.3. The Hall–Kier alpha value is -6.68. The van der Waals surface area contributed by atoms with Crippen LogP contribution >= 0.6 is 0 Å². The number of phenolic OH excluding ortho intramolecular Hbond substituents is 1. The van der Waals surface area contributed by atoms with E-state index in [1.54, 1.807) is 27.7 Å². The molecule has 3 aliphatic rings. The van der Waals surface area contributed by atoms with Gasteiger partial charge in [-0.3, -0.25) is 39.0 Å². The molecule has 0 aliphatic carbocycles. The van der Waals surface area contributed by atoms with Gasteiger partial charge in [0.25, 0.3) is 17.7 Å². The van der Waals surface area contributed by atoms with Gasteiger partial charge in [0.2, 0.25) is 17.7 Å². The molecule has 3 aliphatic heterocycles. The Kier molecular flexibility index (Phi) is 10.9. The fourth-order valence-electron chi connectivity index (χ4n) is 6.87. The van der Waals surface area contributed by atoms with Crippen molar-refractivity contribution in [2.45, 2.75) is 51.2 Å². The van der Waals surface area contributed by atoms with Crippen LogP contribution in [0.1, 0.15) is 59.5 Å². The van der Waals surface area contributed by atoms with Crippen molar-refractivity contribution in [3.63, 3.8) is 0 Å². The number of carbonyl (C=O) groups is 6. The maximum absolute atomic E-state index is 15.5. The average Bonchev–Trinajstić information content (AvgIpc) is 3.84. The van der Waals surface area contributed by atoms with E-state index >= 15 is 4.39 Å². The molecule has 0 radical (unpaired) electrons. The van der Waals surface area contributed by atoms with Gasteiger partial charge < -0.3 is 25.2 Å². The number of benzene rings is 3. The summed E-state index contributed by atoms with van der Waals surface area (Å²) in [6.45, 7) is 3.70. The molecule has 0 bridgehead atoms. The van der Waals surface area contributed by atoms with E-state index in [1.807, 2.05) is 13.8 Å². The number of halogens is 1. The first-order chi connectivity index (χ1) is 28.0. The smallest absolute Gasteiger partial charge is 0.326 e. The topological polar surface area (TPSA) is 261 Å². The zero-order chi connectivity index (χ0) is 42.2. The Bertz CT molecular complexity index is 2530. The number of amides is 6. The molecule has 1 atom stereocenters. The molecule has 1 aromatic heterocycles. The number of rotatable bonds is 15. The van der Waals surface area contributed by atoms with Crippen molar-refractivity contribution in [1.29, 1.82) is 0 Å². The van der Waals surface area contributed by atoms with E-state index in [0.29, 0.717) is 22.2 Å². The third kappa shape index (κ3) is 8.21. The minimum absolute atomic E-state index is 0.0112. The van der Waals surface area contributed by atoms with E-state index in [-0.39, 0.29) is 79.2 Å². The average molecular weight is 836 g/mol. The predicted octanol–water partition coefficient (Wildman–Crippen LogP) is 0.807. The number of ether oxygens (including phenoxy) is 2. The summed E-state index contributed by atoms with van der Waals surface area (Å²) in [4.78, 5) is 75.8. The molecule has 22 heteroatoms. The SMILES string of the molecule is CC(C)(Nc1cccc2c1C(=O)N(C1CCC(=O)NC1=O)C2=O)c1cn(CCOCCC(=O)NCCOc2ccc3cc(O)c(N4CC(=O)NS4(=O)=O)c(F)c3c2)nn1. The van der Waals surface area contributed by atoms with Crippen molar-refractivity contribution in [3.05, 3.63) is 71.3 Å². The fourth-order valence-corrected chi connectivity index (χ4v) is 8.03. The summed E-state index contributed by atoms with van der Waals surface area (Å²) >= 11 is 0. The number of anilines is 2. The number of imide groups is 2. The lowest BCUT2D eigenvalue weighted by Crippen LogP contribution is -2.54. The third-order valence-electron chi connectivity index (χ3n) is 9.80. The van der Waals surface area contributed by atoms with Crippen LogP contribution in [-0.4, -0.2) is 108 Å². The molecule has 310 valence electrons. The number of aromatic hydroxyl groups is 1. The fraction of sp³-hybridized carbons (Fsp3) is 0.351. The van der Waals surface area contributed by atoms with Crippen LogP contribution in [0.4, 0.5) is 15.8 Å². The van der Waals surface area contributed by atoms with Crippen LogP contribution in [0.3, 0.4) is 0 Å². The highest BCUT2D eigenvalue weighted by Crippen LogP contribution is 2.39. The lowest BCUT2D eigenvalue weighted by Gasteiger charge is -2.28. The molecule has 1 unspecified atom stereocenters. The van der Waals surface area contributed by atoms with Gasteiger partial charge in [0.1, 0.15) is 42.1 Å². The molecule has 5 N–H and O–H groups in total. The van der Waals surface area contributed by atoms with Gasteiger partial charge in [-0.05, 0) is 56.0 Å². The summed E-state index contributed by atoms with van der Waals surface area (Å²) < 4.78 is 55.0. The standard InChI is InChI=1S/C37H38FN9O11S/c1-37(2,41-24-5-3-4-22-31(24)36(54)47(35(22)53)25-8-9-29(50)40-34(25)52)27-18-45(44-42-27)12-15-57-13-10-28(49)39-11-14-58-21-7-6-20-16-26(48)33(32(38)23(20)17-21)46-19-30(51)43-59(46,55)56/h3-7,16-18,25,41,48H,8-15,19H2,1-2H3,(H,39,49)(H,43,51)(H,40,50,52). The minimum atomic E-state index is -4.37. The van der Waals surface area contributed by atoms with E-state index < -0.39 is 75.1 Å². The first kappa shape index (κ1) is 40.5. The number of nitrogens with one attached hydrogen (secondary N) is 4. The van der Waals surface area contributed by atoms with Crippen LogP contribution in [0.2, 0.25) is 0 Å². The predicted molar refractivity (Wildman–Crippen MR) is 204 cm³/mol. The second-order valence-electron chi connectivity index (χ2n) is 14.3. The molecule has 0 saturated carbocycles. The second kappa shape index (κ2) is 15.9. The number of phenols is 1. The van der Waals surface area contributed by atoms with Crippen molar-refractivity contribution in [2.75, 3.05) is 42.5 Å². The Morgan fingerprint density at radius 1 is 1.05 bits per heavy atom. The van der Waals surface area contributed by atoms with Crippen LogP contribution in [0.25, 0.3) is 10.8 Å². The Morgan fingerprint density at radius 2 is 1.85 bits per heavy atom. The summed E-state index contributed by atoms with van der Waals surface area (Å²) in [6.07, 6.45) is 1.80. The minimum Gasteiger partial charge on any atom is -0.506 e. The maximum atomic E-state index is 15.5. The normalized spacial score (nSPS) is 17.6. The largest absolute Gasteiger partial charge is 0.506 e. The van der Waals surface area contributed by atoms with Gasteiger partial charge in [0.05, 0.1) is 49.2 Å². The molecule has 0 spiro atoms. The molecule has 6 amide bonds. The monoisotopic (exact) mass is 835 g/mol. The van der Waals surface area contributed by atoms with Crippen LogP contribution in [0.5, 0.6) is 11.5 Å². The lowest BCUT2D eigenvalue weighted by atomic mass is 9.99. The number of piperidine rings is 1. The number of hydrogen-bond donors (Lipinski definition) is 5. The van der Waals surface area contributed by atoms with Gasteiger partial charge in [-0.1, -0.05) is 17.3 Å². The summed E-state index contributed by atoms with van der Waals surface area (Å²) in [7, 11) is -4.37. The highest BCUT2D eigenvalue weighted by atomic mass is 32.2.